The molecule has 3 heterocycles. The molecule has 2 aliphatic heterocycles. The van der Waals surface area contributed by atoms with Crippen LogP contribution in [0.15, 0.2) is 12.3 Å². The van der Waals surface area contributed by atoms with E-state index < -0.39 is 0 Å². The minimum absolute atomic E-state index is 0.446. The predicted molar refractivity (Wildman–Crippen MR) is 121 cm³/mol. The van der Waals surface area contributed by atoms with Crippen LogP contribution in [-0.2, 0) is 0 Å². The van der Waals surface area contributed by atoms with E-state index in [0.717, 1.165) is 44.0 Å². The van der Waals surface area contributed by atoms with E-state index in [9.17, 15) is 0 Å². The zero-order valence-corrected chi connectivity index (χ0v) is 18.5. The first-order valence-electron chi connectivity index (χ1n) is 11.9. The highest BCUT2D eigenvalue weighted by Crippen LogP contribution is 2.30. The maximum absolute atomic E-state index is 4.90. The summed E-state index contributed by atoms with van der Waals surface area (Å²) in [6.07, 6.45) is 15.3. The number of likely N-dealkylation sites (N-methyl/N-ethyl adjacent to an activating group) is 1. The van der Waals surface area contributed by atoms with Crippen LogP contribution in [0.3, 0.4) is 0 Å². The van der Waals surface area contributed by atoms with Crippen LogP contribution in [0.5, 0.6) is 0 Å². The molecule has 0 bridgehead atoms. The molecule has 4 rings (SSSR count). The molecular formula is C23H40N6. The molecule has 0 aromatic carbocycles. The number of hydrogen-bond donors (Lipinski definition) is 1. The van der Waals surface area contributed by atoms with E-state index in [-0.39, 0.29) is 0 Å². The topological polar surface area (TPSA) is 47.5 Å². The molecule has 1 aromatic rings. The van der Waals surface area contributed by atoms with Gasteiger partial charge >= 0.3 is 0 Å². The second kappa shape index (κ2) is 10.1. The lowest BCUT2D eigenvalue weighted by molar-refractivity contribution is 0.123. The van der Waals surface area contributed by atoms with Crippen molar-refractivity contribution in [3.05, 3.63) is 12.3 Å². The fourth-order valence-corrected chi connectivity index (χ4v) is 5.58. The van der Waals surface area contributed by atoms with Crippen LogP contribution >= 0.6 is 0 Å². The van der Waals surface area contributed by atoms with Crippen LogP contribution < -0.4 is 10.2 Å². The van der Waals surface area contributed by atoms with E-state index in [1.807, 2.05) is 6.20 Å². The van der Waals surface area contributed by atoms with Crippen LogP contribution in [0.4, 0.5) is 11.8 Å². The fraction of sp³-hybridized carbons (Fsp3) is 0.826. The average molecular weight is 401 g/mol. The first kappa shape index (κ1) is 20.9. The molecule has 162 valence electrons. The summed E-state index contributed by atoms with van der Waals surface area (Å²) in [7, 11) is 4.40. The van der Waals surface area contributed by atoms with Crippen molar-refractivity contribution < 1.29 is 0 Å². The molecule has 29 heavy (non-hydrogen) atoms. The number of rotatable bonds is 6. The minimum atomic E-state index is 0.446. The van der Waals surface area contributed by atoms with Crippen LogP contribution in [-0.4, -0.2) is 78.2 Å². The second-order valence-corrected chi connectivity index (χ2v) is 9.62. The summed E-state index contributed by atoms with van der Waals surface area (Å²) < 4.78 is 0. The lowest BCUT2D eigenvalue weighted by atomic mass is 9.93. The van der Waals surface area contributed by atoms with Gasteiger partial charge in [0.2, 0.25) is 5.95 Å². The van der Waals surface area contributed by atoms with Crippen molar-refractivity contribution in [2.45, 2.75) is 82.3 Å². The molecule has 0 spiro atoms. The third-order valence-corrected chi connectivity index (χ3v) is 6.98. The quantitative estimate of drug-likeness (QED) is 0.787. The van der Waals surface area contributed by atoms with Gasteiger partial charge in [0.25, 0.3) is 0 Å². The molecule has 3 fully saturated rings. The van der Waals surface area contributed by atoms with Crippen molar-refractivity contribution in [2.24, 2.45) is 0 Å². The Morgan fingerprint density at radius 3 is 2.48 bits per heavy atom. The van der Waals surface area contributed by atoms with Crippen LogP contribution in [0.2, 0.25) is 0 Å². The molecule has 6 nitrogen and oxygen atoms in total. The molecule has 0 amide bonds. The van der Waals surface area contributed by atoms with Crippen LogP contribution in [0, 0.1) is 0 Å². The maximum atomic E-state index is 4.90. The third-order valence-electron chi connectivity index (χ3n) is 6.98. The Kier molecular flexibility index (Phi) is 7.24. The summed E-state index contributed by atoms with van der Waals surface area (Å²) >= 11 is 0. The fourth-order valence-electron chi connectivity index (χ4n) is 5.58. The number of anilines is 2. The Morgan fingerprint density at radius 1 is 1.03 bits per heavy atom. The summed E-state index contributed by atoms with van der Waals surface area (Å²) in [5.74, 6) is 1.90. The zero-order valence-electron chi connectivity index (χ0n) is 18.5. The molecule has 0 unspecified atom stereocenters. The van der Waals surface area contributed by atoms with Gasteiger partial charge in [0.1, 0.15) is 5.82 Å². The van der Waals surface area contributed by atoms with Gasteiger partial charge in [-0.15, -0.1) is 0 Å². The van der Waals surface area contributed by atoms with E-state index in [0.29, 0.717) is 12.1 Å². The van der Waals surface area contributed by atoms with Gasteiger partial charge in [-0.3, -0.25) is 4.90 Å². The summed E-state index contributed by atoms with van der Waals surface area (Å²) in [4.78, 5) is 17.1. The minimum Gasteiger partial charge on any atom is -0.356 e. The molecule has 2 saturated heterocycles. The Balaban J connectivity index is 1.41. The highest BCUT2D eigenvalue weighted by molar-refractivity contribution is 5.43. The van der Waals surface area contributed by atoms with Gasteiger partial charge in [-0.1, -0.05) is 32.1 Å². The van der Waals surface area contributed by atoms with Crippen molar-refractivity contribution in [1.82, 2.24) is 19.8 Å². The average Bonchev–Trinajstić information content (AvgIpc) is 2.92. The molecule has 1 N–H and O–H groups in total. The van der Waals surface area contributed by atoms with Crippen LogP contribution in [0.1, 0.15) is 64.2 Å². The first-order chi connectivity index (χ1) is 14.2. The largest absolute Gasteiger partial charge is 0.356 e. The highest BCUT2D eigenvalue weighted by Gasteiger charge is 2.37. The van der Waals surface area contributed by atoms with Gasteiger partial charge in [0, 0.05) is 50.5 Å². The van der Waals surface area contributed by atoms with E-state index in [1.54, 1.807) is 0 Å². The standard InChI is InChI=1S/C23H40N6/c1-27(2)18-21-16-19(17-29(21)20-10-6-5-7-11-20)25-23-24-13-12-22(26-23)28-14-8-3-4-9-15-28/h12-13,19-21H,3-11,14-18H2,1-2H3,(H,24,25,26)/t19-,21+/m0/s1. The van der Waals surface area contributed by atoms with Gasteiger partial charge in [0.15, 0.2) is 0 Å². The lowest BCUT2D eigenvalue weighted by Gasteiger charge is -2.36. The first-order valence-corrected chi connectivity index (χ1v) is 11.9. The molecule has 1 saturated carbocycles. The van der Waals surface area contributed by atoms with E-state index in [4.69, 9.17) is 4.98 Å². The molecule has 1 aliphatic carbocycles. The molecule has 2 atom stereocenters. The number of hydrogen-bond acceptors (Lipinski definition) is 6. The van der Waals surface area contributed by atoms with Gasteiger partial charge in [0.05, 0.1) is 0 Å². The monoisotopic (exact) mass is 400 g/mol. The highest BCUT2D eigenvalue weighted by atomic mass is 15.3. The molecule has 3 aliphatic rings. The van der Waals surface area contributed by atoms with E-state index >= 15 is 0 Å². The van der Waals surface area contributed by atoms with Gasteiger partial charge in [-0.25, -0.2) is 4.98 Å². The number of aromatic nitrogens is 2. The SMILES string of the molecule is CN(C)C[C@H]1C[C@H](Nc2nccc(N3CCCCCC3)n2)CN1C1CCCCC1. The van der Waals surface area contributed by atoms with Gasteiger partial charge in [-0.05, 0) is 52.3 Å². The third kappa shape index (κ3) is 5.60. The number of likely N-dealkylation sites (tertiary alicyclic amines) is 1. The lowest BCUT2D eigenvalue weighted by Crippen LogP contribution is -2.44. The van der Waals surface area contributed by atoms with Crippen LogP contribution in [0.25, 0.3) is 0 Å². The molecule has 1 aromatic heterocycles. The van der Waals surface area contributed by atoms with E-state index in [2.05, 4.69) is 45.2 Å². The maximum Gasteiger partial charge on any atom is 0.224 e. The van der Waals surface area contributed by atoms with Crippen molar-refractivity contribution in [3.63, 3.8) is 0 Å². The molecule has 0 radical (unpaired) electrons. The Morgan fingerprint density at radius 2 is 1.76 bits per heavy atom. The smallest absolute Gasteiger partial charge is 0.224 e. The summed E-state index contributed by atoms with van der Waals surface area (Å²) in [6.45, 7) is 4.52. The second-order valence-electron chi connectivity index (χ2n) is 9.62. The van der Waals surface area contributed by atoms with Crippen molar-refractivity contribution >= 4 is 11.8 Å². The normalized spacial score (nSPS) is 27.3. The zero-order chi connectivity index (χ0) is 20.1. The predicted octanol–water partition coefficient (Wildman–Crippen LogP) is 3.61. The molecule has 6 heteroatoms. The summed E-state index contributed by atoms with van der Waals surface area (Å²) in [6, 6.07) is 3.93. The Labute approximate surface area is 177 Å². The number of nitrogens with zero attached hydrogens (tertiary/aromatic N) is 5. The number of nitrogens with one attached hydrogen (secondary N) is 1. The van der Waals surface area contributed by atoms with Crippen molar-refractivity contribution in [3.8, 4) is 0 Å². The molecular weight excluding hydrogens is 360 g/mol. The summed E-state index contributed by atoms with van der Waals surface area (Å²) in [5.41, 5.74) is 0. The van der Waals surface area contributed by atoms with Crippen molar-refractivity contribution in [1.29, 1.82) is 0 Å². The van der Waals surface area contributed by atoms with Gasteiger partial charge < -0.3 is 15.1 Å². The Hall–Kier alpha value is -1.40. The van der Waals surface area contributed by atoms with Gasteiger partial charge in [-0.2, -0.15) is 4.98 Å². The van der Waals surface area contributed by atoms with Crippen molar-refractivity contribution in [2.75, 3.05) is 50.5 Å². The van der Waals surface area contributed by atoms with E-state index in [1.165, 1.54) is 64.2 Å². The Bertz CT molecular complexity index is 622. The summed E-state index contributed by atoms with van der Waals surface area (Å²) in [5, 5.41) is 3.70.